The van der Waals surface area contributed by atoms with Crippen LogP contribution in [0.15, 0.2) is 60.7 Å². The molecule has 1 heterocycles. The van der Waals surface area contributed by atoms with E-state index in [9.17, 15) is 0 Å². The van der Waals surface area contributed by atoms with Crippen molar-refractivity contribution in [3.8, 4) is 0 Å². The van der Waals surface area contributed by atoms with E-state index < -0.39 is 0 Å². The van der Waals surface area contributed by atoms with Crippen LogP contribution in [0, 0.1) is 0 Å². The quantitative estimate of drug-likeness (QED) is 0.392. The first-order valence-electron chi connectivity index (χ1n) is 11.4. The normalized spacial score (nSPS) is 20.9. The molecule has 1 aliphatic heterocycles. The molecule has 0 saturated carbocycles. The third-order valence-electron chi connectivity index (χ3n) is 6.86. The molecule has 0 saturated heterocycles. The number of hydrogen-bond acceptors (Lipinski definition) is 0. The van der Waals surface area contributed by atoms with Gasteiger partial charge in [-0.25, -0.2) is 0 Å². The molecule has 3 aromatic rings. The van der Waals surface area contributed by atoms with Crippen LogP contribution in [0.4, 0.5) is 5.69 Å². The van der Waals surface area contributed by atoms with Gasteiger partial charge in [-0.2, -0.15) is 4.58 Å². The Bertz CT molecular complexity index is 1090. The van der Waals surface area contributed by atoms with Gasteiger partial charge in [-0.15, -0.1) is 0 Å². The van der Waals surface area contributed by atoms with Crippen molar-refractivity contribution in [2.24, 2.45) is 0 Å². The van der Waals surface area contributed by atoms with E-state index in [2.05, 4.69) is 120 Å². The lowest BCUT2D eigenvalue weighted by Crippen LogP contribution is -2.31. The lowest BCUT2D eigenvalue weighted by molar-refractivity contribution is -0.513. The van der Waals surface area contributed by atoms with Gasteiger partial charge in [0.1, 0.15) is 0 Å². The molecule has 1 unspecified atom stereocenters. The van der Waals surface area contributed by atoms with E-state index in [1.54, 1.807) is 0 Å². The van der Waals surface area contributed by atoms with E-state index in [0.717, 1.165) is 6.42 Å². The molecule has 1 nitrogen and oxygen atoms in total. The second-order valence-corrected chi connectivity index (χ2v) is 10.6. The molecule has 0 N–H and O–H groups in total. The van der Waals surface area contributed by atoms with Crippen LogP contribution in [0.1, 0.15) is 83.4 Å². The first-order chi connectivity index (χ1) is 14.1. The average molecular weight is 399 g/mol. The fourth-order valence-corrected chi connectivity index (χ4v) is 5.37. The summed E-state index contributed by atoms with van der Waals surface area (Å²) in [5.41, 5.74) is 5.80. The summed E-state index contributed by atoms with van der Waals surface area (Å²) in [7, 11) is 0. The van der Waals surface area contributed by atoms with Gasteiger partial charge in [-0.1, -0.05) is 88.4 Å². The zero-order valence-electron chi connectivity index (χ0n) is 19.7. The van der Waals surface area contributed by atoms with Crippen LogP contribution in [-0.4, -0.2) is 16.3 Å². The van der Waals surface area contributed by atoms with Gasteiger partial charge in [0.2, 0.25) is 5.69 Å². The molecule has 1 atom stereocenters. The zero-order valence-corrected chi connectivity index (χ0v) is 19.7. The minimum atomic E-state index is 0.00583. The van der Waals surface area contributed by atoms with Crippen LogP contribution in [0.25, 0.3) is 10.8 Å². The van der Waals surface area contributed by atoms with Crippen molar-refractivity contribution in [1.82, 2.24) is 0 Å². The van der Waals surface area contributed by atoms with Crippen LogP contribution in [0.3, 0.4) is 0 Å². The highest BCUT2D eigenvalue weighted by molar-refractivity contribution is 5.85. The van der Waals surface area contributed by atoms with Gasteiger partial charge in [0.15, 0.2) is 11.8 Å². The number of para-hydroxylation sites is 1. The standard InChI is InChI=1S/C29H36N/c1-20(2)25-13-10-14-26(21(3)4)27(25)30-19-29(7,18-28(30,5)6)24-16-15-22-11-8-9-12-23(22)17-24/h8-17,19-21H,18H2,1-7H3/q+1. The molecule has 0 amide bonds. The molecule has 30 heavy (non-hydrogen) atoms. The van der Waals surface area contributed by atoms with E-state index in [1.807, 2.05) is 0 Å². The Kier molecular flexibility index (Phi) is 5.12. The Hall–Kier alpha value is -2.41. The predicted molar refractivity (Wildman–Crippen MR) is 131 cm³/mol. The minimum Gasteiger partial charge on any atom is -0.196 e. The molecule has 0 aliphatic carbocycles. The van der Waals surface area contributed by atoms with E-state index >= 15 is 0 Å². The maximum Gasteiger partial charge on any atom is 0.212 e. The highest BCUT2D eigenvalue weighted by Crippen LogP contribution is 2.45. The summed E-state index contributed by atoms with van der Waals surface area (Å²) in [6.45, 7) is 16.5. The summed E-state index contributed by atoms with van der Waals surface area (Å²) in [5, 5.41) is 2.64. The fourth-order valence-electron chi connectivity index (χ4n) is 5.37. The lowest BCUT2D eigenvalue weighted by atomic mass is 9.77. The van der Waals surface area contributed by atoms with E-state index in [4.69, 9.17) is 0 Å². The number of fused-ring (bicyclic) bond motifs is 1. The summed E-state index contributed by atoms with van der Waals surface area (Å²) in [6.07, 6.45) is 3.62. The number of hydrogen-bond donors (Lipinski definition) is 0. The molecule has 0 fully saturated rings. The summed E-state index contributed by atoms with van der Waals surface area (Å²) in [6, 6.07) is 22.6. The van der Waals surface area contributed by atoms with Crippen LogP contribution in [0.2, 0.25) is 0 Å². The predicted octanol–water partition coefficient (Wildman–Crippen LogP) is 7.94. The van der Waals surface area contributed by atoms with Crippen molar-refractivity contribution in [2.45, 2.75) is 77.7 Å². The van der Waals surface area contributed by atoms with E-state index in [1.165, 1.54) is 33.2 Å². The molecule has 0 spiro atoms. The Labute approximate surface area is 182 Å². The van der Waals surface area contributed by atoms with Crippen LogP contribution in [0.5, 0.6) is 0 Å². The van der Waals surface area contributed by atoms with Gasteiger partial charge in [0.25, 0.3) is 0 Å². The van der Waals surface area contributed by atoms with Gasteiger partial charge in [-0.3, -0.25) is 0 Å². The van der Waals surface area contributed by atoms with Crippen molar-refractivity contribution in [2.75, 3.05) is 0 Å². The SMILES string of the molecule is CC(C)c1cccc(C(C)C)c1[N+]1=CC(C)(c2ccc3ccccc3c2)CC1(C)C. The number of nitrogens with zero attached hydrogens (tertiary/aromatic N) is 1. The molecule has 0 radical (unpaired) electrons. The average Bonchev–Trinajstić information content (AvgIpc) is 2.96. The summed E-state index contributed by atoms with van der Waals surface area (Å²) in [5.74, 6) is 0.992. The topological polar surface area (TPSA) is 3.01 Å². The molecule has 4 rings (SSSR count). The first-order valence-corrected chi connectivity index (χ1v) is 11.4. The molecular weight excluding hydrogens is 362 g/mol. The minimum absolute atomic E-state index is 0.00583. The van der Waals surface area contributed by atoms with E-state index in [-0.39, 0.29) is 11.0 Å². The van der Waals surface area contributed by atoms with Crippen LogP contribution in [-0.2, 0) is 5.41 Å². The summed E-state index contributed by atoms with van der Waals surface area (Å²) < 4.78 is 2.60. The van der Waals surface area contributed by atoms with Crippen molar-refractivity contribution in [3.63, 3.8) is 0 Å². The monoisotopic (exact) mass is 398 g/mol. The first kappa shape index (κ1) is 20.8. The Morgan fingerprint density at radius 1 is 0.733 bits per heavy atom. The maximum atomic E-state index is 2.60. The second-order valence-electron chi connectivity index (χ2n) is 10.6. The van der Waals surface area contributed by atoms with Crippen LogP contribution >= 0.6 is 0 Å². The lowest BCUT2D eigenvalue weighted by Gasteiger charge is -2.24. The highest BCUT2D eigenvalue weighted by Gasteiger charge is 2.50. The Morgan fingerprint density at radius 2 is 1.33 bits per heavy atom. The fraction of sp³-hybridized carbons (Fsp3) is 0.414. The summed E-state index contributed by atoms with van der Waals surface area (Å²) in [4.78, 5) is 0. The van der Waals surface area contributed by atoms with Crippen molar-refractivity contribution < 1.29 is 4.58 Å². The highest BCUT2D eigenvalue weighted by atomic mass is 15.1. The Morgan fingerprint density at radius 3 is 1.93 bits per heavy atom. The van der Waals surface area contributed by atoms with Crippen molar-refractivity contribution in [3.05, 3.63) is 77.4 Å². The van der Waals surface area contributed by atoms with Gasteiger partial charge >= 0.3 is 0 Å². The molecular formula is C29H36N+. The molecule has 0 bridgehead atoms. The largest absolute Gasteiger partial charge is 0.212 e. The molecule has 3 aromatic carbocycles. The number of rotatable bonds is 4. The Balaban J connectivity index is 1.91. The molecule has 1 heteroatoms. The summed E-state index contributed by atoms with van der Waals surface area (Å²) >= 11 is 0. The van der Waals surface area contributed by atoms with Gasteiger partial charge in [-0.05, 0) is 35.1 Å². The van der Waals surface area contributed by atoms with Gasteiger partial charge < -0.3 is 0 Å². The van der Waals surface area contributed by atoms with Gasteiger partial charge in [0, 0.05) is 31.4 Å². The second kappa shape index (κ2) is 7.38. The molecule has 1 aliphatic rings. The molecule has 156 valence electrons. The van der Waals surface area contributed by atoms with Crippen LogP contribution < -0.4 is 0 Å². The molecule has 0 aromatic heterocycles. The zero-order chi connectivity index (χ0) is 21.7. The third kappa shape index (κ3) is 3.49. The van der Waals surface area contributed by atoms with Crippen molar-refractivity contribution in [1.29, 1.82) is 0 Å². The van der Waals surface area contributed by atoms with E-state index in [0.29, 0.717) is 11.8 Å². The third-order valence-corrected chi connectivity index (χ3v) is 6.86. The van der Waals surface area contributed by atoms with Gasteiger partial charge in [0.05, 0.1) is 5.41 Å². The number of benzene rings is 3. The van der Waals surface area contributed by atoms with Crippen molar-refractivity contribution >= 4 is 22.7 Å². The maximum absolute atomic E-state index is 2.60. The smallest absolute Gasteiger partial charge is 0.196 e.